The van der Waals surface area contributed by atoms with Crippen LogP contribution in [0.5, 0.6) is 0 Å². The first-order valence-corrected chi connectivity index (χ1v) is 8.88. The summed E-state index contributed by atoms with van der Waals surface area (Å²) in [6, 6.07) is 6.81. The van der Waals surface area contributed by atoms with E-state index < -0.39 is 10.0 Å². The molecule has 0 saturated heterocycles. The molecule has 1 heterocycles. The number of imidazole rings is 1. The van der Waals surface area contributed by atoms with Crippen molar-refractivity contribution in [2.75, 3.05) is 0 Å². The SMILES string of the molecule is CCCn1c(SC(C)C#N)nc2cc(S(N)(=O)=O)ccc21. The molecule has 1 aromatic carbocycles. The normalized spacial score (nSPS) is 13.2. The predicted octanol–water partition coefficient (Wildman–Crippen LogP) is 2.10. The minimum atomic E-state index is -3.75. The Hall–Kier alpha value is -1.56. The Balaban J connectivity index is 2.59. The highest BCUT2D eigenvalue weighted by molar-refractivity contribution is 8.00. The van der Waals surface area contributed by atoms with E-state index >= 15 is 0 Å². The number of aryl methyl sites for hydroxylation is 1. The summed E-state index contributed by atoms with van der Waals surface area (Å²) in [5.74, 6) is 0. The number of aromatic nitrogens is 2. The average Bonchev–Trinajstić information content (AvgIpc) is 2.75. The maximum atomic E-state index is 11.4. The first kappa shape index (κ1) is 15.8. The number of thioether (sulfide) groups is 1. The van der Waals surface area contributed by atoms with E-state index in [0.29, 0.717) is 10.7 Å². The van der Waals surface area contributed by atoms with Crippen molar-refractivity contribution in [3.63, 3.8) is 0 Å². The van der Waals surface area contributed by atoms with Crippen molar-refractivity contribution in [2.24, 2.45) is 5.14 Å². The topological polar surface area (TPSA) is 102 Å². The summed E-state index contributed by atoms with van der Waals surface area (Å²) in [5, 5.41) is 14.6. The molecule has 1 aromatic heterocycles. The third-order valence-corrected chi connectivity index (χ3v) is 4.82. The first-order chi connectivity index (χ1) is 9.86. The van der Waals surface area contributed by atoms with Crippen molar-refractivity contribution in [3.8, 4) is 6.07 Å². The summed E-state index contributed by atoms with van der Waals surface area (Å²) in [5.41, 5.74) is 1.42. The summed E-state index contributed by atoms with van der Waals surface area (Å²) in [6.45, 7) is 4.61. The van der Waals surface area contributed by atoms with E-state index in [2.05, 4.69) is 11.1 Å². The molecule has 0 aliphatic carbocycles. The van der Waals surface area contributed by atoms with Crippen LogP contribution < -0.4 is 5.14 Å². The van der Waals surface area contributed by atoms with Crippen molar-refractivity contribution in [2.45, 2.75) is 42.1 Å². The molecular formula is C13H16N4O2S2. The third kappa shape index (κ3) is 3.37. The monoisotopic (exact) mass is 324 g/mol. The fourth-order valence-corrected chi connectivity index (χ4v) is 3.35. The fourth-order valence-electron chi connectivity index (χ4n) is 1.98. The first-order valence-electron chi connectivity index (χ1n) is 6.46. The van der Waals surface area contributed by atoms with Gasteiger partial charge in [-0.15, -0.1) is 0 Å². The second-order valence-electron chi connectivity index (χ2n) is 4.63. The van der Waals surface area contributed by atoms with Crippen LogP contribution in [0.3, 0.4) is 0 Å². The van der Waals surface area contributed by atoms with Crippen molar-refractivity contribution in [3.05, 3.63) is 18.2 Å². The predicted molar refractivity (Wildman–Crippen MR) is 82.3 cm³/mol. The van der Waals surface area contributed by atoms with Crippen molar-refractivity contribution in [1.29, 1.82) is 5.26 Å². The summed E-state index contributed by atoms with van der Waals surface area (Å²) in [7, 11) is -3.75. The number of fused-ring (bicyclic) bond motifs is 1. The highest BCUT2D eigenvalue weighted by Crippen LogP contribution is 2.28. The zero-order valence-electron chi connectivity index (χ0n) is 11.8. The van der Waals surface area contributed by atoms with Gasteiger partial charge in [0.25, 0.3) is 0 Å². The lowest BCUT2D eigenvalue weighted by molar-refractivity contribution is 0.598. The molecule has 112 valence electrons. The molecule has 2 aromatic rings. The number of rotatable bonds is 5. The number of nitrogens with two attached hydrogens (primary N) is 1. The van der Waals surface area contributed by atoms with Gasteiger partial charge in [0.15, 0.2) is 5.16 Å². The van der Waals surface area contributed by atoms with Crippen LogP contribution in [-0.4, -0.2) is 23.2 Å². The molecule has 1 unspecified atom stereocenters. The lowest BCUT2D eigenvalue weighted by Gasteiger charge is -2.07. The van der Waals surface area contributed by atoms with Gasteiger partial charge in [0, 0.05) is 6.54 Å². The Kier molecular flexibility index (Phi) is 4.56. The van der Waals surface area contributed by atoms with E-state index in [1.807, 2.05) is 11.5 Å². The largest absolute Gasteiger partial charge is 0.319 e. The maximum absolute atomic E-state index is 11.4. The molecule has 8 heteroatoms. The average molecular weight is 324 g/mol. The van der Waals surface area contributed by atoms with Crippen LogP contribution >= 0.6 is 11.8 Å². The van der Waals surface area contributed by atoms with Crippen molar-refractivity contribution in [1.82, 2.24) is 9.55 Å². The van der Waals surface area contributed by atoms with E-state index in [1.54, 1.807) is 13.0 Å². The summed E-state index contributed by atoms with van der Waals surface area (Å²) in [4.78, 5) is 4.49. The summed E-state index contributed by atoms with van der Waals surface area (Å²) >= 11 is 1.36. The van der Waals surface area contributed by atoms with Gasteiger partial charge in [-0.2, -0.15) is 5.26 Å². The molecule has 6 nitrogen and oxygen atoms in total. The lowest BCUT2D eigenvalue weighted by atomic mass is 10.3. The van der Waals surface area contributed by atoms with Crippen LogP contribution in [0.2, 0.25) is 0 Å². The van der Waals surface area contributed by atoms with E-state index in [1.165, 1.54) is 23.9 Å². The molecular weight excluding hydrogens is 308 g/mol. The molecule has 0 spiro atoms. The highest BCUT2D eigenvalue weighted by atomic mass is 32.2. The molecule has 0 saturated carbocycles. The number of nitrogens with zero attached hydrogens (tertiary/aromatic N) is 3. The van der Waals surface area contributed by atoms with Crippen LogP contribution in [0, 0.1) is 11.3 Å². The van der Waals surface area contributed by atoms with E-state index in [-0.39, 0.29) is 10.1 Å². The van der Waals surface area contributed by atoms with E-state index in [9.17, 15) is 8.42 Å². The number of hydrogen-bond acceptors (Lipinski definition) is 5. The standard InChI is InChI=1S/C13H16N4O2S2/c1-3-6-17-12-5-4-10(21(15,18)19)7-11(12)16-13(17)20-9(2)8-14/h4-5,7,9H,3,6H2,1-2H3,(H2,15,18,19). The second-order valence-corrected chi connectivity index (χ2v) is 7.50. The summed E-state index contributed by atoms with van der Waals surface area (Å²) < 4.78 is 24.8. The smallest absolute Gasteiger partial charge is 0.238 e. The molecule has 0 bridgehead atoms. The van der Waals surface area contributed by atoms with Crippen LogP contribution in [0.25, 0.3) is 11.0 Å². The molecule has 21 heavy (non-hydrogen) atoms. The molecule has 0 aliphatic rings. The fraction of sp³-hybridized carbons (Fsp3) is 0.385. The quantitative estimate of drug-likeness (QED) is 0.849. The Labute approximate surface area is 128 Å². The molecule has 1 atom stereocenters. The van der Waals surface area contributed by atoms with Crippen molar-refractivity contribution < 1.29 is 8.42 Å². The Morgan fingerprint density at radius 1 is 1.52 bits per heavy atom. The van der Waals surface area contributed by atoms with E-state index in [0.717, 1.165) is 18.5 Å². The number of primary sulfonamides is 1. The van der Waals surface area contributed by atoms with Gasteiger partial charge in [-0.25, -0.2) is 18.5 Å². The van der Waals surface area contributed by atoms with Crippen LogP contribution in [-0.2, 0) is 16.6 Å². The number of benzene rings is 1. The zero-order chi connectivity index (χ0) is 15.6. The van der Waals surface area contributed by atoms with Crippen molar-refractivity contribution >= 4 is 32.8 Å². The van der Waals surface area contributed by atoms with E-state index in [4.69, 9.17) is 10.4 Å². The molecule has 2 N–H and O–H groups in total. The van der Waals surface area contributed by atoms with Gasteiger partial charge in [-0.3, -0.25) is 0 Å². The van der Waals surface area contributed by atoms with Gasteiger partial charge in [0.1, 0.15) is 0 Å². The van der Waals surface area contributed by atoms with Gasteiger partial charge in [0.05, 0.1) is 27.2 Å². The Morgan fingerprint density at radius 3 is 2.81 bits per heavy atom. The molecule has 0 aliphatic heterocycles. The molecule has 0 amide bonds. The van der Waals surface area contributed by atoms with Gasteiger partial charge in [-0.1, -0.05) is 18.7 Å². The second kappa shape index (κ2) is 6.05. The lowest BCUT2D eigenvalue weighted by Crippen LogP contribution is -2.11. The molecule has 0 radical (unpaired) electrons. The van der Waals surface area contributed by atoms with Gasteiger partial charge >= 0.3 is 0 Å². The molecule has 2 rings (SSSR count). The van der Waals surface area contributed by atoms with Gasteiger partial charge in [-0.05, 0) is 31.5 Å². The number of nitriles is 1. The third-order valence-electron chi connectivity index (χ3n) is 2.92. The van der Waals surface area contributed by atoms with Gasteiger partial charge < -0.3 is 4.57 Å². The van der Waals surface area contributed by atoms with Crippen LogP contribution in [0.1, 0.15) is 20.3 Å². The zero-order valence-corrected chi connectivity index (χ0v) is 13.4. The Bertz CT molecular complexity index is 805. The van der Waals surface area contributed by atoms with Crippen LogP contribution in [0.15, 0.2) is 28.3 Å². The minimum absolute atomic E-state index is 0.0426. The minimum Gasteiger partial charge on any atom is -0.319 e. The van der Waals surface area contributed by atoms with Gasteiger partial charge in [0.2, 0.25) is 10.0 Å². The van der Waals surface area contributed by atoms with Crippen LogP contribution in [0.4, 0.5) is 0 Å². The highest BCUT2D eigenvalue weighted by Gasteiger charge is 2.16. The summed E-state index contributed by atoms with van der Waals surface area (Å²) in [6.07, 6.45) is 0.914. The Morgan fingerprint density at radius 2 is 2.24 bits per heavy atom. The number of sulfonamides is 1. The maximum Gasteiger partial charge on any atom is 0.238 e. The molecule has 0 fully saturated rings. The number of hydrogen-bond donors (Lipinski definition) is 1.